The molecule has 0 heterocycles. The number of unbranched alkanes of at least 4 members (excludes halogenated alkanes) is 3. The van der Waals surface area contributed by atoms with Crippen molar-refractivity contribution in [2.75, 3.05) is 0 Å². The van der Waals surface area contributed by atoms with Crippen molar-refractivity contribution in [2.24, 2.45) is 5.34 Å². The number of carboxylic acids is 2. The molecule has 0 saturated carbocycles. The molecule has 0 aliphatic carbocycles. The minimum Gasteiger partial charge on any atom is -0.550 e. The van der Waals surface area contributed by atoms with E-state index in [4.69, 9.17) is 4.55 Å². The van der Waals surface area contributed by atoms with Crippen LogP contribution in [0.5, 0.6) is 0 Å². The number of rotatable bonds is 11. The van der Waals surface area contributed by atoms with Gasteiger partial charge in [-0.2, -0.15) is 8.42 Å². The number of aliphatic carboxylic acids is 2. The molecule has 0 spiro atoms. The van der Waals surface area contributed by atoms with Crippen LogP contribution in [0.2, 0.25) is 0 Å². The van der Waals surface area contributed by atoms with Crippen molar-refractivity contribution in [1.29, 1.82) is 0 Å². The van der Waals surface area contributed by atoms with Crippen LogP contribution >= 0.6 is 0 Å². The molecule has 2 unspecified atom stereocenters. The average molecular weight is 401 g/mol. The molecule has 0 aliphatic heterocycles. The van der Waals surface area contributed by atoms with Crippen molar-refractivity contribution in [3.8, 4) is 0 Å². The predicted molar refractivity (Wildman–Crippen MR) is 75.1 cm³/mol. The van der Waals surface area contributed by atoms with Crippen molar-refractivity contribution >= 4 is 22.1 Å². The third-order valence-electron chi connectivity index (χ3n) is 2.66. The SMILES string of the molecule is CCCCCCC(C)ON=O.O=C([O-])CC(C(=O)[O-])S(=O)(=O)O.[Na+].[Na+]. The van der Waals surface area contributed by atoms with E-state index in [1.807, 2.05) is 6.92 Å². The second-order valence-electron chi connectivity index (χ2n) is 4.74. The topological polar surface area (TPSA) is 173 Å². The maximum Gasteiger partial charge on any atom is 1.00 e. The summed E-state index contributed by atoms with van der Waals surface area (Å²) in [5.74, 6) is -4.08. The number of carbonyl (C=O) groups excluding carboxylic acids is 2. The molecule has 0 aromatic heterocycles. The van der Waals surface area contributed by atoms with Gasteiger partial charge in [-0.15, -0.1) is 4.91 Å². The van der Waals surface area contributed by atoms with Gasteiger partial charge in [0.1, 0.15) is 11.4 Å². The summed E-state index contributed by atoms with van der Waals surface area (Å²) in [4.78, 5) is 33.8. The van der Waals surface area contributed by atoms with Crippen molar-refractivity contribution in [1.82, 2.24) is 0 Å². The van der Waals surface area contributed by atoms with E-state index in [1.54, 1.807) is 0 Å². The van der Waals surface area contributed by atoms with Gasteiger partial charge in [0, 0.05) is 12.4 Å². The summed E-state index contributed by atoms with van der Waals surface area (Å²) in [5.41, 5.74) is 0. The number of carbonyl (C=O) groups is 2. The minimum atomic E-state index is -4.94. The van der Waals surface area contributed by atoms with Gasteiger partial charge in [0.25, 0.3) is 10.1 Å². The Morgan fingerprint density at radius 2 is 1.68 bits per heavy atom. The molecule has 0 bridgehead atoms. The molecule has 0 fully saturated rings. The Bertz CT molecular complexity index is 473. The maximum atomic E-state index is 10.2. The van der Waals surface area contributed by atoms with Gasteiger partial charge in [0.15, 0.2) is 5.34 Å². The van der Waals surface area contributed by atoms with E-state index in [1.165, 1.54) is 19.3 Å². The minimum absolute atomic E-state index is 0. The van der Waals surface area contributed by atoms with Gasteiger partial charge >= 0.3 is 59.1 Å². The normalized spacial score (nSPS) is 12.1. The summed E-state index contributed by atoms with van der Waals surface area (Å²) >= 11 is 0. The maximum absolute atomic E-state index is 10.2. The Labute approximate surface area is 191 Å². The number of carboxylic acid groups (broad SMARTS) is 2. The van der Waals surface area contributed by atoms with Gasteiger partial charge < -0.3 is 24.6 Å². The van der Waals surface area contributed by atoms with Crippen molar-refractivity contribution in [3.05, 3.63) is 4.91 Å². The van der Waals surface area contributed by atoms with E-state index in [-0.39, 0.29) is 65.2 Å². The zero-order valence-corrected chi connectivity index (χ0v) is 19.8. The van der Waals surface area contributed by atoms with E-state index in [0.717, 1.165) is 12.8 Å². The van der Waals surface area contributed by atoms with Crippen LogP contribution in [0.25, 0.3) is 0 Å². The Balaban J connectivity index is -0.000000164. The molecule has 2 atom stereocenters. The third-order valence-corrected chi connectivity index (χ3v) is 3.74. The van der Waals surface area contributed by atoms with Gasteiger partial charge in [-0.1, -0.05) is 26.2 Å². The Hall–Kier alpha value is 0.250. The molecule has 1 N–H and O–H groups in total. The molecule has 10 nitrogen and oxygen atoms in total. The molecule has 0 amide bonds. The summed E-state index contributed by atoms with van der Waals surface area (Å²) in [7, 11) is -4.94. The summed E-state index contributed by atoms with van der Waals surface area (Å²) in [5, 5.41) is 19.6. The molecule has 0 saturated heterocycles. The molecule has 0 radical (unpaired) electrons. The zero-order valence-electron chi connectivity index (χ0n) is 15.0. The first kappa shape index (κ1) is 32.9. The van der Waals surface area contributed by atoms with E-state index in [9.17, 15) is 33.1 Å². The third kappa shape index (κ3) is 22.2. The average Bonchev–Trinajstić information content (AvgIpc) is 2.40. The molecule has 13 heteroatoms. The van der Waals surface area contributed by atoms with Gasteiger partial charge in [0.05, 0.1) is 5.97 Å². The summed E-state index contributed by atoms with van der Waals surface area (Å²) in [6, 6.07) is 0. The van der Waals surface area contributed by atoms with E-state index in [2.05, 4.69) is 17.1 Å². The molecule has 0 aliphatic rings. The van der Waals surface area contributed by atoms with Crippen LogP contribution in [0.15, 0.2) is 5.34 Å². The largest absolute Gasteiger partial charge is 1.00 e. The fourth-order valence-corrected chi connectivity index (χ4v) is 2.04. The quantitative estimate of drug-likeness (QED) is 0.116. The smallest absolute Gasteiger partial charge is 0.550 e. The number of nitrogens with zero attached hydrogens (tertiary/aromatic N) is 1. The molecule has 136 valence electrons. The first-order valence-electron chi connectivity index (χ1n) is 6.91. The second-order valence-corrected chi connectivity index (χ2v) is 6.34. The van der Waals surface area contributed by atoms with Gasteiger partial charge in [-0.25, -0.2) is 0 Å². The fraction of sp³-hybridized carbons (Fsp3) is 0.833. The number of hydrogen-bond acceptors (Lipinski definition) is 9. The fourth-order valence-electron chi connectivity index (χ4n) is 1.45. The standard InChI is InChI=1S/C8H17NO2.C4H6O7S.2Na/c1-3-4-5-6-7-8(2)11-9-10;5-3(6)1-2(4(7)8)12(9,10)11;;/h8H,3-7H2,1-2H3;2H,1H2,(H,5,6)(H,7,8)(H,9,10,11);;/q;;2*+1/p-2. The summed E-state index contributed by atoms with van der Waals surface area (Å²) in [6.07, 6.45) is 4.45. The summed E-state index contributed by atoms with van der Waals surface area (Å²) < 4.78 is 28.5. The second kappa shape index (κ2) is 19.0. The Kier molecular flexibility index (Phi) is 25.0. The van der Waals surface area contributed by atoms with E-state index >= 15 is 0 Å². The van der Waals surface area contributed by atoms with Crippen LogP contribution in [0.1, 0.15) is 52.4 Å². The molecule has 0 aromatic carbocycles. The van der Waals surface area contributed by atoms with Crippen LogP contribution in [-0.2, 0) is 24.5 Å². The Morgan fingerprint density at radius 3 is 1.96 bits per heavy atom. The van der Waals surface area contributed by atoms with E-state index < -0.39 is 33.7 Å². The first-order chi connectivity index (χ1) is 10.6. The molecule has 0 rings (SSSR count). The first-order valence-corrected chi connectivity index (χ1v) is 8.42. The van der Waals surface area contributed by atoms with E-state index in [0.29, 0.717) is 0 Å². The monoisotopic (exact) mass is 401 g/mol. The van der Waals surface area contributed by atoms with Crippen LogP contribution in [0.4, 0.5) is 0 Å². The van der Waals surface area contributed by atoms with Crippen LogP contribution in [0, 0.1) is 4.91 Å². The van der Waals surface area contributed by atoms with Crippen LogP contribution < -0.4 is 69.3 Å². The van der Waals surface area contributed by atoms with Crippen LogP contribution in [-0.4, -0.2) is 36.3 Å². The Morgan fingerprint density at radius 1 is 1.16 bits per heavy atom. The van der Waals surface area contributed by atoms with Crippen LogP contribution in [0.3, 0.4) is 0 Å². The van der Waals surface area contributed by atoms with Crippen molar-refractivity contribution < 1.29 is 96.7 Å². The van der Waals surface area contributed by atoms with Gasteiger partial charge in [-0.3, -0.25) is 4.55 Å². The van der Waals surface area contributed by atoms with Crippen molar-refractivity contribution in [2.45, 2.75) is 63.7 Å². The molecular formula is C12H21NNa2O9S. The molecule has 25 heavy (non-hydrogen) atoms. The van der Waals surface area contributed by atoms with Gasteiger partial charge in [0.2, 0.25) is 0 Å². The molecular weight excluding hydrogens is 380 g/mol. The predicted octanol–water partition coefficient (Wildman–Crippen LogP) is -6.82. The molecule has 0 aromatic rings. The number of hydrogen-bond donors (Lipinski definition) is 1. The van der Waals surface area contributed by atoms with Gasteiger partial charge in [-0.05, 0) is 19.8 Å². The summed E-state index contributed by atoms with van der Waals surface area (Å²) in [6.45, 7) is 4.04. The van der Waals surface area contributed by atoms with Crippen molar-refractivity contribution in [3.63, 3.8) is 0 Å². The zero-order chi connectivity index (χ0) is 18.5.